The molecule has 0 saturated heterocycles. The van der Waals surface area contributed by atoms with E-state index in [4.69, 9.17) is 4.74 Å². The average molecular weight is 392 g/mol. The standard InChI is InChI=1S/C12H12Br2N2O3/c1-3-19-12(18)9-8(5-13)16(2)7-4-6(14)11(17)15-10(7)9/h4H,3,5H2,1-2H3,(H,15,17). The topological polar surface area (TPSA) is 64.1 Å². The third-order valence-corrected chi connectivity index (χ3v) is 4.01. The summed E-state index contributed by atoms with van der Waals surface area (Å²) in [6.07, 6.45) is 0. The Balaban J connectivity index is 2.83. The van der Waals surface area contributed by atoms with Gasteiger partial charge in [0.1, 0.15) is 5.56 Å². The van der Waals surface area contributed by atoms with Gasteiger partial charge in [0.2, 0.25) is 0 Å². The number of aryl methyl sites for hydroxylation is 1. The molecule has 0 fully saturated rings. The highest BCUT2D eigenvalue weighted by Crippen LogP contribution is 2.26. The van der Waals surface area contributed by atoms with Crippen molar-refractivity contribution in [1.29, 1.82) is 0 Å². The van der Waals surface area contributed by atoms with E-state index in [2.05, 4.69) is 36.8 Å². The minimum absolute atomic E-state index is 0.273. The Morgan fingerprint density at radius 3 is 2.79 bits per heavy atom. The molecule has 0 bridgehead atoms. The first-order valence-corrected chi connectivity index (χ1v) is 7.55. The van der Waals surface area contributed by atoms with Crippen LogP contribution in [0.1, 0.15) is 23.0 Å². The summed E-state index contributed by atoms with van der Waals surface area (Å²) in [7, 11) is 1.84. The SMILES string of the molecule is CCOC(=O)c1c(CBr)n(C)c2cc(Br)c(=O)[nH]c12. The van der Waals surface area contributed by atoms with Gasteiger partial charge in [0, 0.05) is 18.1 Å². The summed E-state index contributed by atoms with van der Waals surface area (Å²) in [5.74, 6) is -0.430. The van der Waals surface area contributed by atoms with Gasteiger partial charge in [-0.1, -0.05) is 15.9 Å². The van der Waals surface area contributed by atoms with E-state index in [1.54, 1.807) is 13.0 Å². The molecule has 7 heteroatoms. The van der Waals surface area contributed by atoms with Crippen molar-refractivity contribution in [3.05, 3.63) is 32.2 Å². The number of pyridine rings is 1. The zero-order valence-electron chi connectivity index (χ0n) is 10.4. The molecule has 0 aliphatic rings. The fraction of sp³-hybridized carbons (Fsp3) is 0.333. The quantitative estimate of drug-likeness (QED) is 0.646. The van der Waals surface area contributed by atoms with Gasteiger partial charge in [-0.2, -0.15) is 0 Å². The Labute approximate surface area is 126 Å². The number of hydrogen-bond acceptors (Lipinski definition) is 3. The number of ether oxygens (including phenoxy) is 1. The van der Waals surface area contributed by atoms with Gasteiger partial charge in [0.05, 0.1) is 22.1 Å². The van der Waals surface area contributed by atoms with Crippen LogP contribution < -0.4 is 5.56 Å². The Morgan fingerprint density at radius 1 is 1.53 bits per heavy atom. The first-order valence-electron chi connectivity index (χ1n) is 5.64. The number of hydrogen-bond donors (Lipinski definition) is 1. The highest BCUT2D eigenvalue weighted by Gasteiger charge is 2.22. The zero-order chi connectivity index (χ0) is 14.2. The van der Waals surface area contributed by atoms with E-state index in [9.17, 15) is 9.59 Å². The predicted molar refractivity (Wildman–Crippen MR) is 79.8 cm³/mol. The fourth-order valence-corrected chi connectivity index (χ4v) is 2.96. The van der Waals surface area contributed by atoms with E-state index in [0.717, 1.165) is 11.2 Å². The molecule has 0 spiro atoms. The molecule has 2 rings (SSSR count). The number of nitrogens with one attached hydrogen (secondary N) is 1. The molecule has 0 amide bonds. The second-order valence-electron chi connectivity index (χ2n) is 3.94. The lowest BCUT2D eigenvalue weighted by atomic mass is 10.2. The molecule has 0 aliphatic carbocycles. The Morgan fingerprint density at radius 2 is 2.21 bits per heavy atom. The molecular formula is C12H12Br2N2O3. The maximum atomic E-state index is 12.1. The van der Waals surface area contributed by atoms with Crippen LogP contribution in [0.5, 0.6) is 0 Å². The largest absolute Gasteiger partial charge is 0.462 e. The smallest absolute Gasteiger partial charge is 0.342 e. The van der Waals surface area contributed by atoms with Crippen LogP contribution in [-0.2, 0) is 17.1 Å². The van der Waals surface area contributed by atoms with Crippen molar-refractivity contribution in [2.24, 2.45) is 7.05 Å². The molecule has 0 atom stereocenters. The monoisotopic (exact) mass is 390 g/mol. The second kappa shape index (κ2) is 5.50. The predicted octanol–water partition coefficient (Wildman–Crippen LogP) is 2.70. The zero-order valence-corrected chi connectivity index (χ0v) is 13.6. The number of H-pyrrole nitrogens is 1. The maximum absolute atomic E-state index is 12.1. The average Bonchev–Trinajstić information content (AvgIpc) is 2.63. The van der Waals surface area contributed by atoms with Gasteiger partial charge in [-0.3, -0.25) is 4.79 Å². The minimum atomic E-state index is -0.430. The van der Waals surface area contributed by atoms with Crippen molar-refractivity contribution < 1.29 is 9.53 Å². The van der Waals surface area contributed by atoms with E-state index in [0.29, 0.717) is 20.9 Å². The molecular weight excluding hydrogens is 380 g/mol. The summed E-state index contributed by atoms with van der Waals surface area (Å²) in [4.78, 5) is 26.5. The number of aromatic amines is 1. The fourth-order valence-electron chi connectivity index (χ4n) is 1.99. The molecule has 102 valence electrons. The number of halogens is 2. The van der Waals surface area contributed by atoms with E-state index >= 15 is 0 Å². The normalized spacial score (nSPS) is 10.9. The molecule has 5 nitrogen and oxygen atoms in total. The van der Waals surface area contributed by atoms with Gasteiger partial charge in [-0.05, 0) is 28.9 Å². The van der Waals surface area contributed by atoms with Crippen LogP contribution in [0.2, 0.25) is 0 Å². The summed E-state index contributed by atoms with van der Waals surface area (Å²) in [6.45, 7) is 2.04. The number of carbonyl (C=O) groups excluding carboxylic acids is 1. The Bertz CT molecular complexity index is 703. The molecule has 0 aromatic carbocycles. The number of fused-ring (bicyclic) bond motifs is 1. The first kappa shape index (κ1) is 14.3. The molecule has 2 aromatic heterocycles. The minimum Gasteiger partial charge on any atom is -0.462 e. The highest BCUT2D eigenvalue weighted by molar-refractivity contribution is 9.10. The van der Waals surface area contributed by atoms with Crippen LogP contribution in [0, 0.1) is 0 Å². The summed E-state index contributed by atoms with van der Waals surface area (Å²) in [5, 5.41) is 0.492. The van der Waals surface area contributed by atoms with Gasteiger partial charge in [0.25, 0.3) is 5.56 Å². The van der Waals surface area contributed by atoms with Crippen molar-refractivity contribution >= 4 is 48.9 Å². The van der Waals surface area contributed by atoms with Crippen LogP contribution in [0.15, 0.2) is 15.3 Å². The van der Waals surface area contributed by atoms with Gasteiger partial charge < -0.3 is 14.3 Å². The number of nitrogens with zero attached hydrogens (tertiary/aromatic N) is 1. The van der Waals surface area contributed by atoms with Crippen molar-refractivity contribution in [3.8, 4) is 0 Å². The van der Waals surface area contributed by atoms with Crippen LogP contribution in [-0.4, -0.2) is 22.1 Å². The van der Waals surface area contributed by atoms with Crippen LogP contribution in [0.25, 0.3) is 11.0 Å². The number of aromatic nitrogens is 2. The van der Waals surface area contributed by atoms with Crippen LogP contribution in [0.3, 0.4) is 0 Å². The molecule has 2 aromatic rings. The molecule has 0 unspecified atom stereocenters. The third-order valence-electron chi connectivity index (χ3n) is 2.89. The lowest BCUT2D eigenvalue weighted by Crippen LogP contribution is -2.10. The number of rotatable bonds is 3. The third kappa shape index (κ3) is 2.36. The Kier molecular flexibility index (Phi) is 4.15. The van der Waals surface area contributed by atoms with Crippen LogP contribution in [0.4, 0.5) is 0 Å². The van der Waals surface area contributed by atoms with Crippen molar-refractivity contribution in [1.82, 2.24) is 9.55 Å². The summed E-state index contributed by atoms with van der Waals surface area (Å²) in [6, 6.07) is 1.70. The van der Waals surface area contributed by atoms with E-state index < -0.39 is 5.97 Å². The molecule has 0 radical (unpaired) electrons. The van der Waals surface area contributed by atoms with Gasteiger partial charge in [-0.15, -0.1) is 0 Å². The summed E-state index contributed by atoms with van der Waals surface area (Å²) < 4.78 is 7.34. The molecule has 1 N–H and O–H groups in total. The lowest BCUT2D eigenvalue weighted by Gasteiger charge is -2.03. The van der Waals surface area contributed by atoms with Crippen molar-refractivity contribution in [3.63, 3.8) is 0 Å². The van der Waals surface area contributed by atoms with Crippen molar-refractivity contribution in [2.75, 3.05) is 6.61 Å². The highest BCUT2D eigenvalue weighted by atomic mass is 79.9. The molecule has 2 heterocycles. The van der Waals surface area contributed by atoms with E-state index in [1.165, 1.54) is 0 Å². The molecule has 0 aliphatic heterocycles. The second-order valence-corrected chi connectivity index (χ2v) is 5.36. The molecule has 0 saturated carbocycles. The van der Waals surface area contributed by atoms with E-state index in [1.807, 2.05) is 11.6 Å². The lowest BCUT2D eigenvalue weighted by molar-refractivity contribution is 0.0527. The van der Waals surface area contributed by atoms with E-state index in [-0.39, 0.29) is 12.2 Å². The number of alkyl halides is 1. The Hall–Kier alpha value is -1.08. The first-order chi connectivity index (χ1) is 9.01. The molecule has 19 heavy (non-hydrogen) atoms. The maximum Gasteiger partial charge on any atom is 0.342 e. The van der Waals surface area contributed by atoms with Crippen molar-refractivity contribution in [2.45, 2.75) is 12.3 Å². The number of esters is 1. The van der Waals surface area contributed by atoms with Gasteiger partial charge in [-0.25, -0.2) is 4.79 Å². The summed E-state index contributed by atoms with van der Waals surface area (Å²) >= 11 is 6.55. The van der Waals surface area contributed by atoms with Gasteiger partial charge >= 0.3 is 5.97 Å². The summed E-state index contributed by atoms with van der Waals surface area (Å²) in [5.41, 5.74) is 2.17. The van der Waals surface area contributed by atoms with Gasteiger partial charge in [0.15, 0.2) is 0 Å². The number of carbonyl (C=O) groups is 1. The van der Waals surface area contributed by atoms with Crippen LogP contribution >= 0.6 is 31.9 Å².